The minimum atomic E-state index is -2.36. The Morgan fingerprint density at radius 1 is 0.955 bits per heavy atom. The molecule has 1 aliphatic heterocycles. The van der Waals surface area contributed by atoms with E-state index < -0.39 is 87.5 Å². The topological polar surface area (TPSA) is 153 Å². The van der Waals surface area contributed by atoms with Gasteiger partial charge in [0.15, 0.2) is 29.1 Å². The van der Waals surface area contributed by atoms with Crippen LogP contribution in [0.1, 0.15) is 108 Å². The van der Waals surface area contributed by atoms with Gasteiger partial charge >= 0.3 is 0 Å². The van der Waals surface area contributed by atoms with Gasteiger partial charge in [-0.3, -0.25) is 28.8 Å². The highest BCUT2D eigenvalue weighted by molar-refractivity contribution is 8.13. The van der Waals surface area contributed by atoms with Crippen molar-refractivity contribution in [2.24, 2.45) is 28.6 Å². The van der Waals surface area contributed by atoms with E-state index in [1.165, 1.54) is 30.8 Å². The van der Waals surface area contributed by atoms with Crippen LogP contribution in [0.5, 0.6) is 0 Å². The lowest BCUT2D eigenvalue weighted by molar-refractivity contribution is -0.232. The Bertz CT molecular complexity index is 2310. The van der Waals surface area contributed by atoms with Crippen LogP contribution in [-0.4, -0.2) is 92.5 Å². The first-order chi connectivity index (χ1) is 31.2. The van der Waals surface area contributed by atoms with E-state index >= 15 is 8.78 Å². The lowest BCUT2D eigenvalue weighted by Crippen LogP contribution is -2.70. The number of ketones is 4. The van der Waals surface area contributed by atoms with Crippen molar-refractivity contribution in [3.63, 3.8) is 0 Å². The predicted molar refractivity (Wildman–Crippen MR) is 247 cm³/mol. The summed E-state index contributed by atoms with van der Waals surface area (Å²) < 4.78 is 60.9. The van der Waals surface area contributed by atoms with E-state index in [1.54, 1.807) is 20.8 Å². The van der Waals surface area contributed by atoms with Crippen LogP contribution in [0.15, 0.2) is 72.3 Å². The van der Waals surface area contributed by atoms with Gasteiger partial charge in [-0.05, 0) is 99.5 Å². The number of nitrogens with one attached hydrogen (secondary N) is 1. The van der Waals surface area contributed by atoms with Gasteiger partial charge in [0.1, 0.15) is 23.7 Å². The number of benzene rings is 2. The maximum atomic E-state index is 17.8. The molecule has 1 amide bonds. The Morgan fingerprint density at radius 2 is 1.67 bits per heavy atom. The summed E-state index contributed by atoms with van der Waals surface area (Å²) in [5.41, 5.74) is -3.80. The Morgan fingerprint density at radius 3 is 2.36 bits per heavy atom. The van der Waals surface area contributed by atoms with E-state index in [-0.39, 0.29) is 72.6 Å². The van der Waals surface area contributed by atoms with Crippen LogP contribution in [0.4, 0.5) is 13.2 Å². The first-order valence-corrected chi connectivity index (χ1v) is 25.1. The molecule has 4 fully saturated rings. The standard InChI is InChI=1S/C51H60F3NO9S2/c1-28(19-35(56)11-8-12-41(58)30(3)65-6)45(61)55-29(2)42(59)22-33-10-7-9-32(21-33)20-31-13-15-34(16-14-31)46-63-44-25-37-38-24-40(53)39-23-36(57)17-18-48(39,4)50(38,54)43(60)26-49(37,5)51(44,64-46)47(62)66-27-52/h7,9-10,13-18,21,23,28-30,37-38,40,43-44,46,60H,8,11-12,19-20,22,24-27H2,1-6H3,(H,55,61)/t28-,29+,30?,37+,38+,40+,43+,44-,46-,48+,49+,50+,51+/m1/s1. The zero-order chi connectivity index (χ0) is 47.9. The molecule has 356 valence electrons. The van der Waals surface area contributed by atoms with E-state index in [0.717, 1.165) is 22.8 Å². The van der Waals surface area contributed by atoms with Crippen molar-refractivity contribution in [3.8, 4) is 0 Å². The average Bonchev–Trinajstić information content (AvgIpc) is 3.78. The highest BCUT2D eigenvalue weighted by Gasteiger charge is 2.80. The zero-order valence-electron chi connectivity index (χ0n) is 38.3. The number of alkyl halides is 3. The molecule has 0 aromatic heterocycles. The summed E-state index contributed by atoms with van der Waals surface area (Å²) in [4.78, 5) is 77.1. The SMILES string of the molecule is CSC(C)C(=O)CCCC(=O)C[C@@H](C)C(=O)N[C@@H](C)C(=O)Cc1cccc(Cc2ccc([C@@H]3O[C@@H]4C[C@H]5[C@@H]6C[C@H](F)C7=CC(=O)C=C[C@]7(C)[C@@]6(F)[C@@H](O)C[C@]5(C)[C@]4(C(=O)SCF)O3)cc2)c1. The molecule has 2 aromatic carbocycles. The molecular weight excluding hydrogens is 892 g/mol. The maximum Gasteiger partial charge on any atom is 0.226 e. The summed E-state index contributed by atoms with van der Waals surface area (Å²) in [6.07, 6.45) is 1.43. The second-order valence-corrected chi connectivity index (χ2v) is 21.5. The molecule has 3 saturated carbocycles. The van der Waals surface area contributed by atoms with Crippen molar-refractivity contribution < 1.29 is 56.5 Å². The van der Waals surface area contributed by atoms with Crippen LogP contribution in [-0.2, 0) is 51.1 Å². The number of allylic oxidation sites excluding steroid dienone is 4. The molecule has 0 radical (unpaired) electrons. The maximum absolute atomic E-state index is 17.8. The number of aliphatic hydroxyl groups excluding tert-OH is 1. The van der Waals surface area contributed by atoms with Gasteiger partial charge in [-0.25, -0.2) is 13.2 Å². The van der Waals surface area contributed by atoms with Crippen LogP contribution in [0.25, 0.3) is 0 Å². The molecule has 66 heavy (non-hydrogen) atoms. The summed E-state index contributed by atoms with van der Waals surface area (Å²) >= 11 is 1.90. The van der Waals surface area contributed by atoms with Crippen molar-refractivity contribution >= 4 is 57.7 Å². The van der Waals surface area contributed by atoms with Gasteiger partial charge in [0.05, 0.1) is 23.5 Å². The van der Waals surface area contributed by atoms with E-state index in [1.807, 2.05) is 61.7 Å². The predicted octanol–water partition coefficient (Wildman–Crippen LogP) is 8.25. The highest BCUT2D eigenvalue weighted by Crippen LogP contribution is 2.73. The third-order valence-corrected chi connectivity index (χ3v) is 17.0. The highest BCUT2D eigenvalue weighted by atomic mass is 32.2. The van der Waals surface area contributed by atoms with Crippen molar-refractivity contribution in [2.45, 2.75) is 140 Å². The Labute approximate surface area is 393 Å². The van der Waals surface area contributed by atoms with E-state index in [9.17, 15) is 38.3 Å². The normalized spacial score (nSPS) is 33.4. The van der Waals surface area contributed by atoms with Crippen LogP contribution < -0.4 is 5.32 Å². The molecule has 5 aliphatic rings. The zero-order valence-corrected chi connectivity index (χ0v) is 39.9. The number of halogens is 3. The van der Waals surface area contributed by atoms with E-state index in [0.29, 0.717) is 36.6 Å². The fraction of sp³-hybridized carbons (Fsp3) is 0.569. The third-order valence-electron chi connectivity index (χ3n) is 15.4. The Hall–Kier alpha value is -3.89. The first-order valence-electron chi connectivity index (χ1n) is 22.8. The molecule has 7 rings (SSSR count). The number of thioether (sulfide) groups is 2. The van der Waals surface area contributed by atoms with E-state index in [2.05, 4.69) is 5.32 Å². The van der Waals surface area contributed by atoms with Gasteiger partial charge in [0.25, 0.3) is 0 Å². The second-order valence-electron chi connectivity index (χ2n) is 19.4. The van der Waals surface area contributed by atoms with Gasteiger partial charge in [-0.15, -0.1) is 0 Å². The molecule has 2 N–H and O–H groups in total. The third kappa shape index (κ3) is 8.96. The summed E-state index contributed by atoms with van der Waals surface area (Å²) in [7, 11) is 0. The van der Waals surface area contributed by atoms with Gasteiger partial charge in [-0.2, -0.15) is 11.8 Å². The molecule has 13 atom stereocenters. The van der Waals surface area contributed by atoms with Crippen molar-refractivity contribution in [1.29, 1.82) is 0 Å². The van der Waals surface area contributed by atoms with Crippen molar-refractivity contribution in [3.05, 3.63) is 94.6 Å². The minimum absolute atomic E-state index is 0.00289. The van der Waals surface area contributed by atoms with Gasteiger partial charge in [-0.1, -0.05) is 80.2 Å². The monoisotopic (exact) mass is 951 g/mol. The summed E-state index contributed by atoms with van der Waals surface area (Å²) in [6.45, 7) is 8.35. The quantitative estimate of drug-likeness (QED) is 0.149. The Kier molecular flexibility index (Phi) is 14.9. The fourth-order valence-corrected chi connectivity index (χ4v) is 12.7. The molecule has 4 aliphatic carbocycles. The molecule has 0 bridgehead atoms. The van der Waals surface area contributed by atoms with Crippen molar-refractivity contribution in [2.75, 3.05) is 12.3 Å². The van der Waals surface area contributed by atoms with Crippen molar-refractivity contribution in [1.82, 2.24) is 5.32 Å². The second kappa shape index (κ2) is 19.6. The van der Waals surface area contributed by atoms with Crippen LogP contribution in [0.2, 0.25) is 0 Å². The molecule has 1 heterocycles. The number of hydrogen-bond donors (Lipinski definition) is 2. The van der Waals surface area contributed by atoms with Gasteiger partial charge in [0, 0.05) is 53.9 Å². The number of carbonyl (C=O) groups excluding carboxylic acids is 6. The summed E-state index contributed by atoms with van der Waals surface area (Å²) in [5, 5.41) is 13.8. The number of carbonyl (C=O) groups is 6. The molecule has 10 nitrogen and oxygen atoms in total. The number of fused-ring (bicyclic) bond motifs is 7. The fourth-order valence-electron chi connectivity index (χ4n) is 11.6. The molecule has 1 saturated heterocycles. The number of aliphatic hydroxyl groups is 1. The minimum Gasteiger partial charge on any atom is -0.390 e. The van der Waals surface area contributed by atoms with Crippen LogP contribution >= 0.6 is 23.5 Å². The molecule has 1 unspecified atom stereocenters. The summed E-state index contributed by atoms with van der Waals surface area (Å²) in [5.74, 6) is -3.39. The molecular formula is C51H60F3NO9S2. The van der Waals surface area contributed by atoms with Crippen LogP contribution in [0, 0.1) is 28.6 Å². The smallest absolute Gasteiger partial charge is 0.226 e. The van der Waals surface area contributed by atoms with Gasteiger partial charge in [0.2, 0.25) is 11.0 Å². The number of hydrogen-bond acceptors (Lipinski definition) is 11. The number of rotatable bonds is 18. The largest absolute Gasteiger partial charge is 0.390 e. The van der Waals surface area contributed by atoms with Crippen LogP contribution in [0.3, 0.4) is 0 Å². The Balaban J connectivity index is 0.975. The van der Waals surface area contributed by atoms with E-state index in [4.69, 9.17) is 9.47 Å². The molecule has 2 aromatic rings. The first kappa shape index (κ1) is 50.0. The average molecular weight is 952 g/mol. The lowest BCUT2D eigenvalue weighted by atomic mass is 9.44. The molecule has 0 spiro atoms. The lowest BCUT2D eigenvalue weighted by Gasteiger charge is -2.63. The van der Waals surface area contributed by atoms with Gasteiger partial charge < -0.3 is 19.9 Å². The number of ether oxygens (including phenoxy) is 2. The number of Topliss-reactive ketones (excluding diaryl/α,β-unsaturated/α-hetero) is 3. The number of amides is 1. The summed E-state index contributed by atoms with van der Waals surface area (Å²) in [6, 6.07) is 13.1. The molecule has 15 heteroatoms.